The van der Waals surface area contributed by atoms with Gasteiger partial charge in [0.05, 0.1) is 12.2 Å². The third-order valence-corrected chi connectivity index (χ3v) is 6.16. The molecule has 0 bridgehead atoms. The van der Waals surface area contributed by atoms with E-state index in [1.54, 1.807) is 6.07 Å². The van der Waals surface area contributed by atoms with Gasteiger partial charge in [-0.3, -0.25) is 9.69 Å². The molecule has 31 heavy (non-hydrogen) atoms. The number of amides is 1. The minimum absolute atomic E-state index is 0.160. The molecule has 0 aliphatic carbocycles. The Morgan fingerprint density at radius 3 is 2.90 bits per heavy atom. The van der Waals surface area contributed by atoms with E-state index in [1.165, 1.54) is 11.1 Å². The van der Waals surface area contributed by atoms with Crippen molar-refractivity contribution in [1.82, 2.24) is 10.2 Å². The van der Waals surface area contributed by atoms with Gasteiger partial charge in [0.15, 0.2) is 0 Å². The molecule has 3 N–H and O–H groups in total. The van der Waals surface area contributed by atoms with Gasteiger partial charge in [-0.2, -0.15) is 0 Å². The molecule has 166 valence electrons. The van der Waals surface area contributed by atoms with Crippen molar-refractivity contribution in [2.45, 2.75) is 51.0 Å². The summed E-state index contributed by atoms with van der Waals surface area (Å²) in [5.74, 6) is -0.160. The molecule has 0 radical (unpaired) electrons. The van der Waals surface area contributed by atoms with Gasteiger partial charge >= 0.3 is 0 Å². The Hall–Kier alpha value is -2.41. The summed E-state index contributed by atoms with van der Waals surface area (Å²) in [6.45, 7) is 5.43. The van der Waals surface area contributed by atoms with Gasteiger partial charge in [0, 0.05) is 50.1 Å². The molecule has 1 unspecified atom stereocenters. The van der Waals surface area contributed by atoms with E-state index in [4.69, 9.17) is 4.74 Å². The molecule has 2 aromatic rings. The van der Waals surface area contributed by atoms with Crippen LogP contribution in [-0.4, -0.2) is 60.4 Å². The summed E-state index contributed by atoms with van der Waals surface area (Å²) in [5, 5.41) is 16.9. The highest BCUT2D eigenvalue weighted by Gasteiger charge is 2.20. The maximum Gasteiger partial charge on any atom is 0.251 e. The number of carbonyl (C=O) groups is 1. The maximum atomic E-state index is 12.6. The van der Waals surface area contributed by atoms with Crippen LogP contribution in [0.1, 0.15) is 41.3 Å². The molecule has 2 aromatic carbocycles. The fourth-order valence-electron chi connectivity index (χ4n) is 4.50. The average molecular weight is 424 g/mol. The fraction of sp³-hybridized carbons (Fsp3) is 0.480. The number of hydrogen-bond acceptors (Lipinski definition) is 5. The second-order valence-corrected chi connectivity index (χ2v) is 8.75. The zero-order valence-corrected chi connectivity index (χ0v) is 18.2. The largest absolute Gasteiger partial charge is 0.390 e. The standard InChI is InChI=1S/C25H33N3O3/c1-18-13-23(10-12-31-18)27-22-8-4-7-20(14-22)25(30)26-15-24(29)17-28-11-9-19-5-2-3-6-21(19)16-28/h2-8,14,18,23-24,27,29H,9-13,15-17H2,1H3,(H,26,30)/t18-,23?,24+/m1/s1. The number of ether oxygens (including phenoxy) is 1. The quantitative estimate of drug-likeness (QED) is 0.639. The molecule has 4 rings (SSSR count). The number of aliphatic hydroxyl groups is 1. The lowest BCUT2D eigenvalue weighted by atomic mass is 10.00. The van der Waals surface area contributed by atoms with Crippen LogP contribution in [0.3, 0.4) is 0 Å². The van der Waals surface area contributed by atoms with Crippen LogP contribution in [0.25, 0.3) is 0 Å². The lowest BCUT2D eigenvalue weighted by molar-refractivity contribution is 0.0232. The van der Waals surface area contributed by atoms with Gasteiger partial charge in [-0.25, -0.2) is 0 Å². The molecule has 1 amide bonds. The van der Waals surface area contributed by atoms with Gasteiger partial charge in [-0.05, 0) is 55.5 Å². The van der Waals surface area contributed by atoms with Crippen molar-refractivity contribution in [3.8, 4) is 0 Å². The highest BCUT2D eigenvalue weighted by Crippen LogP contribution is 2.20. The van der Waals surface area contributed by atoms with Crippen molar-refractivity contribution in [2.75, 3.05) is 31.6 Å². The van der Waals surface area contributed by atoms with E-state index in [2.05, 4.69) is 46.7 Å². The summed E-state index contributed by atoms with van der Waals surface area (Å²) >= 11 is 0. The van der Waals surface area contributed by atoms with Crippen molar-refractivity contribution in [3.63, 3.8) is 0 Å². The van der Waals surface area contributed by atoms with Crippen LogP contribution in [0, 0.1) is 0 Å². The molecule has 0 aromatic heterocycles. The first kappa shape index (κ1) is 21.8. The van der Waals surface area contributed by atoms with Gasteiger partial charge in [-0.15, -0.1) is 0 Å². The third kappa shape index (κ3) is 6.06. The van der Waals surface area contributed by atoms with Crippen molar-refractivity contribution < 1.29 is 14.6 Å². The van der Waals surface area contributed by atoms with Crippen molar-refractivity contribution in [2.24, 2.45) is 0 Å². The Kier molecular flexibility index (Phi) is 7.22. The number of anilines is 1. The Morgan fingerprint density at radius 1 is 1.23 bits per heavy atom. The topological polar surface area (TPSA) is 73.8 Å². The fourth-order valence-corrected chi connectivity index (χ4v) is 4.50. The van der Waals surface area contributed by atoms with E-state index in [0.717, 1.165) is 44.6 Å². The normalized spacial score (nSPS) is 22.4. The highest BCUT2D eigenvalue weighted by molar-refractivity contribution is 5.95. The van der Waals surface area contributed by atoms with Gasteiger partial charge in [0.25, 0.3) is 5.91 Å². The number of carbonyl (C=O) groups excluding carboxylic acids is 1. The molecular formula is C25H33N3O3. The van der Waals surface area contributed by atoms with E-state index < -0.39 is 6.10 Å². The minimum atomic E-state index is -0.598. The van der Waals surface area contributed by atoms with E-state index in [1.807, 2.05) is 18.2 Å². The van der Waals surface area contributed by atoms with Gasteiger partial charge in [0.1, 0.15) is 0 Å². The number of rotatable bonds is 7. The second-order valence-electron chi connectivity index (χ2n) is 8.75. The predicted octanol–water partition coefficient (Wildman–Crippen LogP) is 2.82. The molecule has 1 saturated heterocycles. The summed E-state index contributed by atoms with van der Waals surface area (Å²) in [6.07, 6.45) is 2.59. The molecular weight excluding hydrogens is 390 g/mol. The van der Waals surface area contributed by atoms with E-state index >= 15 is 0 Å². The zero-order valence-electron chi connectivity index (χ0n) is 18.2. The monoisotopic (exact) mass is 423 g/mol. The smallest absolute Gasteiger partial charge is 0.251 e. The molecule has 2 aliphatic heterocycles. The van der Waals surface area contributed by atoms with Gasteiger partial charge < -0.3 is 20.5 Å². The number of aliphatic hydroxyl groups excluding tert-OH is 1. The Balaban J connectivity index is 1.25. The Labute approximate surface area is 184 Å². The molecule has 0 spiro atoms. The summed E-state index contributed by atoms with van der Waals surface area (Å²) in [7, 11) is 0. The van der Waals surface area contributed by atoms with Crippen LogP contribution in [0.15, 0.2) is 48.5 Å². The summed E-state index contributed by atoms with van der Waals surface area (Å²) in [6, 6.07) is 16.4. The van der Waals surface area contributed by atoms with E-state index in [9.17, 15) is 9.90 Å². The lowest BCUT2D eigenvalue weighted by Crippen LogP contribution is -2.42. The number of nitrogens with zero attached hydrogens (tertiary/aromatic N) is 1. The molecule has 2 heterocycles. The van der Waals surface area contributed by atoms with Crippen LogP contribution in [0.2, 0.25) is 0 Å². The maximum absolute atomic E-state index is 12.6. The first-order chi connectivity index (χ1) is 15.1. The van der Waals surface area contributed by atoms with Crippen molar-refractivity contribution in [1.29, 1.82) is 0 Å². The number of fused-ring (bicyclic) bond motifs is 1. The summed E-state index contributed by atoms with van der Waals surface area (Å²) < 4.78 is 5.60. The molecule has 1 fully saturated rings. The Morgan fingerprint density at radius 2 is 2.06 bits per heavy atom. The third-order valence-electron chi connectivity index (χ3n) is 6.16. The summed E-state index contributed by atoms with van der Waals surface area (Å²) in [5.41, 5.74) is 4.27. The van der Waals surface area contributed by atoms with Crippen LogP contribution >= 0.6 is 0 Å². The number of β-amino-alcohol motifs (C(OH)–C–C–N with tert-alkyl or cyclic N) is 1. The number of hydrogen-bond donors (Lipinski definition) is 3. The van der Waals surface area contributed by atoms with Crippen molar-refractivity contribution in [3.05, 3.63) is 65.2 Å². The van der Waals surface area contributed by atoms with Crippen LogP contribution < -0.4 is 10.6 Å². The predicted molar refractivity (Wildman–Crippen MR) is 122 cm³/mol. The number of benzene rings is 2. The number of nitrogens with one attached hydrogen (secondary N) is 2. The molecule has 0 saturated carbocycles. The van der Waals surface area contributed by atoms with Crippen molar-refractivity contribution >= 4 is 11.6 Å². The molecule has 6 heteroatoms. The van der Waals surface area contributed by atoms with Crippen LogP contribution in [-0.2, 0) is 17.7 Å². The van der Waals surface area contributed by atoms with Gasteiger partial charge in [0.2, 0.25) is 0 Å². The van der Waals surface area contributed by atoms with E-state index in [-0.39, 0.29) is 18.6 Å². The van der Waals surface area contributed by atoms with Crippen LogP contribution in [0.5, 0.6) is 0 Å². The average Bonchev–Trinajstić information content (AvgIpc) is 2.77. The second kappa shape index (κ2) is 10.3. The molecule has 3 atom stereocenters. The van der Waals surface area contributed by atoms with Gasteiger partial charge in [-0.1, -0.05) is 30.3 Å². The lowest BCUT2D eigenvalue weighted by Gasteiger charge is -2.30. The first-order valence-electron chi connectivity index (χ1n) is 11.3. The SMILES string of the molecule is C[C@@H]1CC(Nc2cccc(C(=O)NC[C@H](O)CN3CCc4ccccc4C3)c2)CCO1. The van der Waals surface area contributed by atoms with Crippen LogP contribution in [0.4, 0.5) is 5.69 Å². The summed E-state index contributed by atoms with van der Waals surface area (Å²) in [4.78, 5) is 14.9. The first-order valence-corrected chi connectivity index (χ1v) is 11.3. The molecule has 6 nitrogen and oxygen atoms in total. The highest BCUT2D eigenvalue weighted by atomic mass is 16.5. The molecule has 2 aliphatic rings. The van der Waals surface area contributed by atoms with E-state index in [0.29, 0.717) is 18.2 Å². The zero-order chi connectivity index (χ0) is 21.6. The Bertz CT molecular complexity index is 888. The minimum Gasteiger partial charge on any atom is -0.390 e.